The summed E-state index contributed by atoms with van der Waals surface area (Å²) < 4.78 is 25.5. The molecule has 2 aliphatic rings. The van der Waals surface area contributed by atoms with Crippen molar-refractivity contribution in [2.45, 2.75) is 75.8 Å². The second-order valence-corrected chi connectivity index (χ2v) is 9.05. The summed E-state index contributed by atoms with van der Waals surface area (Å²) >= 11 is 0. The first kappa shape index (κ1) is 14.3. The Labute approximate surface area is 112 Å². The molecule has 0 heterocycles. The lowest BCUT2D eigenvalue weighted by molar-refractivity contribution is 0.288. The van der Waals surface area contributed by atoms with Gasteiger partial charge in [-0.05, 0) is 37.6 Å². The Morgan fingerprint density at radius 1 is 1.17 bits per heavy atom. The van der Waals surface area contributed by atoms with Crippen LogP contribution >= 0.6 is 0 Å². The monoisotopic (exact) mass is 273 g/mol. The summed E-state index contributed by atoms with van der Waals surface area (Å²) in [4.78, 5) is 0. The lowest BCUT2D eigenvalue weighted by Crippen LogP contribution is -2.49. The van der Waals surface area contributed by atoms with Crippen LogP contribution in [0.25, 0.3) is 0 Å². The van der Waals surface area contributed by atoms with E-state index >= 15 is 0 Å². The van der Waals surface area contributed by atoms with Crippen LogP contribution < -0.4 is 5.32 Å². The SMILES string of the molecule is CCNC1C(S(=O)(=O)C2CCCC2)CCC1(C)C. The molecule has 0 aromatic rings. The fourth-order valence-electron chi connectivity index (χ4n) is 3.79. The molecule has 3 nitrogen and oxygen atoms in total. The molecule has 0 amide bonds. The zero-order valence-corrected chi connectivity index (χ0v) is 12.7. The number of sulfone groups is 1. The van der Waals surface area contributed by atoms with E-state index in [1.165, 1.54) is 0 Å². The van der Waals surface area contributed by atoms with Crippen molar-refractivity contribution < 1.29 is 8.42 Å². The van der Waals surface area contributed by atoms with E-state index in [2.05, 4.69) is 26.1 Å². The zero-order chi connectivity index (χ0) is 13.4. The second kappa shape index (κ2) is 5.12. The Hall–Kier alpha value is -0.0900. The third-order valence-corrected chi connectivity index (χ3v) is 7.65. The van der Waals surface area contributed by atoms with Gasteiger partial charge >= 0.3 is 0 Å². The molecule has 0 aliphatic heterocycles. The fraction of sp³-hybridized carbons (Fsp3) is 1.00. The van der Waals surface area contributed by atoms with E-state index in [1.807, 2.05) is 0 Å². The van der Waals surface area contributed by atoms with Gasteiger partial charge in [0.2, 0.25) is 0 Å². The summed E-state index contributed by atoms with van der Waals surface area (Å²) in [6.07, 6.45) is 5.80. The topological polar surface area (TPSA) is 46.2 Å². The van der Waals surface area contributed by atoms with E-state index < -0.39 is 9.84 Å². The predicted molar refractivity (Wildman–Crippen MR) is 75.4 cm³/mol. The van der Waals surface area contributed by atoms with Crippen LogP contribution in [0.4, 0.5) is 0 Å². The molecule has 2 fully saturated rings. The number of hydrogen-bond donors (Lipinski definition) is 1. The van der Waals surface area contributed by atoms with Gasteiger partial charge in [-0.3, -0.25) is 0 Å². The van der Waals surface area contributed by atoms with Crippen molar-refractivity contribution in [1.29, 1.82) is 0 Å². The Bertz CT molecular complexity index is 383. The fourth-order valence-corrected chi connectivity index (χ4v) is 6.56. The lowest BCUT2D eigenvalue weighted by Gasteiger charge is -2.32. The molecule has 0 radical (unpaired) electrons. The van der Waals surface area contributed by atoms with Gasteiger partial charge in [-0.2, -0.15) is 0 Å². The molecule has 1 N–H and O–H groups in total. The molecular weight excluding hydrogens is 246 g/mol. The van der Waals surface area contributed by atoms with Crippen molar-refractivity contribution >= 4 is 9.84 Å². The van der Waals surface area contributed by atoms with Gasteiger partial charge in [0.05, 0.1) is 10.5 Å². The largest absolute Gasteiger partial charge is 0.312 e. The lowest BCUT2D eigenvalue weighted by atomic mass is 9.87. The minimum Gasteiger partial charge on any atom is -0.312 e. The molecule has 2 unspecified atom stereocenters. The maximum Gasteiger partial charge on any atom is 0.157 e. The third-order valence-electron chi connectivity index (χ3n) is 4.90. The van der Waals surface area contributed by atoms with E-state index in [-0.39, 0.29) is 22.0 Å². The summed E-state index contributed by atoms with van der Waals surface area (Å²) in [7, 11) is -2.94. The van der Waals surface area contributed by atoms with E-state index in [0.29, 0.717) is 0 Å². The minimum atomic E-state index is -2.94. The van der Waals surface area contributed by atoms with Crippen molar-refractivity contribution in [1.82, 2.24) is 5.32 Å². The van der Waals surface area contributed by atoms with Crippen LogP contribution in [-0.2, 0) is 9.84 Å². The van der Waals surface area contributed by atoms with Gasteiger partial charge in [0.25, 0.3) is 0 Å². The molecule has 2 aliphatic carbocycles. The highest BCUT2D eigenvalue weighted by Crippen LogP contribution is 2.43. The van der Waals surface area contributed by atoms with Crippen molar-refractivity contribution in [2.75, 3.05) is 6.54 Å². The first-order chi connectivity index (χ1) is 8.39. The highest BCUT2D eigenvalue weighted by Gasteiger charge is 2.49. The maximum absolute atomic E-state index is 12.8. The first-order valence-corrected chi connectivity index (χ1v) is 8.96. The first-order valence-electron chi connectivity index (χ1n) is 7.35. The van der Waals surface area contributed by atoms with Crippen LogP contribution in [0.5, 0.6) is 0 Å². The van der Waals surface area contributed by atoms with Crippen molar-refractivity contribution in [2.24, 2.45) is 5.41 Å². The van der Waals surface area contributed by atoms with E-state index in [9.17, 15) is 8.42 Å². The normalized spacial score (nSPS) is 33.1. The third kappa shape index (κ3) is 2.46. The van der Waals surface area contributed by atoms with Gasteiger partial charge in [-0.15, -0.1) is 0 Å². The average molecular weight is 273 g/mol. The van der Waals surface area contributed by atoms with E-state index in [0.717, 1.165) is 45.1 Å². The van der Waals surface area contributed by atoms with Crippen molar-refractivity contribution in [3.63, 3.8) is 0 Å². The standard InChI is InChI=1S/C14H27NO2S/c1-4-15-13-12(9-10-14(13,2)3)18(16,17)11-7-5-6-8-11/h11-13,15H,4-10H2,1-3H3. The molecular formula is C14H27NO2S. The van der Waals surface area contributed by atoms with Crippen molar-refractivity contribution in [3.05, 3.63) is 0 Å². The van der Waals surface area contributed by atoms with Gasteiger partial charge in [-0.1, -0.05) is 33.6 Å². The van der Waals surface area contributed by atoms with E-state index in [1.54, 1.807) is 0 Å². The summed E-state index contributed by atoms with van der Waals surface area (Å²) in [5, 5.41) is 3.22. The van der Waals surface area contributed by atoms with Crippen LogP contribution in [0.2, 0.25) is 0 Å². The van der Waals surface area contributed by atoms with Crippen LogP contribution in [0.3, 0.4) is 0 Å². The molecule has 2 saturated carbocycles. The van der Waals surface area contributed by atoms with Crippen LogP contribution in [-0.4, -0.2) is 31.5 Å². The Morgan fingerprint density at radius 3 is 2.33 bits per heavy atom. The van der Waals surface area contributed by atoms with Gasteiger partial charge in [-0.25, -0.2) is 8.42 Å². The quantitative estimate of drug-likeness (QED) is 0.856. The van der Waals surface area contributed by atoms with Crippen LogP contribution in [0, 0.1) is 5.41 Å². The van der Waals surface area contributed by atoms with Gasteiger partial charge < -0.3 is 5.32 Å². The summed E-state index contributed by atoms with van der Waals surface area (Å²) in [6.45, 7) is 7.31. The molecule has 18 heavy (non-hydrogen) atoms. The van der Waals surface area contributed by atoms with Gasteiger partial charge in [0.1, 0.15) is 0 Å². The molecule has 0 spiro atoms. The van der Waals surface area contributed by atoms with E-state index in [4.69, 9.17) is 0 Å². The highest BCUT2D eigenvalue weighted by atomic mass is 32.2. The minimum absolute atomic E-state index is 0.0578. The molecule has 4 heteroatoms. The molecule has 106 valence electrons. The molecule has 0 bridgehead atoms. The average Bonchev–Trinajstić information content (AvgIpc) is 2.89. The number of rotatable bonds is 4. The van der Waals surface area contributed by atoms with Crippen LogP contribution in [0.1, 0.15) is 59.3 Å². The molecule has 0 aromatic carbocycles. The molecule has 0 aromatic heterocycles. The number of nitrogens with one attached hydrogen (secondary N) is 1. The molecule has 0 saturated heterocycles. The molecule has 2 rings (SSSR count). The Balaban J connectivity index is 2.21. The Kier molecular flexibility index (Phi) is 4.07. The predicted octanol–water partition coefficient (Wildman–Crippen LogP) is 2.51. The zero-order valence-electron chi connectivity index (χ0n) is 11.9. The summed E-state index contributed by atoms with van der Waals surface area (Å²) in [6, 6.07) is 0.132. The van der Waals surface area contributed by atoms with Crippen molar-refractivity contribution in [3.8, 4) is 0 Å². The maximum atomic E-state index is 12.8. The van der Waals surface area contributed by atoms with Crippen LogP contribution in [0.15, 0.2) is 0 Å². The summed E-state index contributed by atoms with van der Waals surface area (Å²) in [5.41, 5.74) is 0.104. The van der Waals surface area contributed by atoms with Gasteiger partial charge in [0, 0.05) is 6.04 Å². The number of hydrogen-bond acceptors (Lipinski definition) is 3. The smallest absolute Gasteiger partial charge is 0.157 e. The van der Waals surface area contributed by atoms with Gasteiger partial charge in [0.15, 0.2) is 9.84 Å². The Morgan fingerprint density at radius 2 is 1.78 bits per heavy atom. The summed E-state index contributed by atoms with van der Waals surface area (Å²) in [5.74, 6) is 0. The highest BCUT2D eigenvalue weighted by molar-refractivity contribution is 7.92. The second-order valence-electron chi connectivity index (χ2n) is 6.60. The molecule has 2 atom stereocenters.